The number of nitrogens with zero attached hydrogens (tertiary/aromatic N) is 2. The van der Waals surface area contributed by atoms with Crippen LogP contribution in [0.2, 0.25) is 5.02 Å². The summed E-state index contributed by atoms with van der Waals surface area (Å²) in [6.07, 6.45) is 3.04. The smallest absolute Gasteiger partial charge is 0.0850 e. The van der Waals surface area contributed by atoms with E-state index in [9.17, 15) is 10.2 Å². The lowest BCUT2D eigenvalue weighted by atomic mass is 9.80. The van der Waals surface area contributed by atoms with Crippen molar-refractivity contribution in [1.82, 2.24) is 9.78 Å². The zero-order chi connectivity index (χ0) is 14.5. The summed E-state index contributed by atoms with van der Waals surface area (Å²) in [4.78, 5) is 0. The second kappa shape index (κ2) is 7.27. The molecule has 0 radical (unpaired) electrons. The van der Waals surface area contributed by atoms with Gasteiger partial charge in [-0.25, -0.2) is 0 Å². The predicted molar refractivity (Wildman–Crippen MR) is 77.5 cm³/mol. The molecule has 1 aromatic heterocycles. The van der Waals surface area contributed by atoms with Crippen LogP contribution < -0.4 is 0 Å². The Kier molecular flexibility index (Phi) is 6.30. The molecule has 0 unspecified atom stereocenters. The number of aliphatic hydroxyl groups excluding tert-OH is 2. The summed E-state index contributed by atoms with van der Waals surface area (Å²) >= 11 is 6.38. The highest BCUT2D eigenvalue weighted by molar-refractivity contribution is 6.31. The molecule has 1 rings (SSSR count). The van der Waals surface area contributed by atoms with Gasteiger partial charge in [0.1, 0.15) is 0 Å². The first-order valence-corrected chi connectivity index (χ1v) is 7.41. The highest BCUT2D eigenvalue weighted by atomic mass is 35.5. The average molecular weight is 289 g/mol. The summed E-state index contributed by atoms with van der Waals surface area (Å²) in [5.41, 5.74) is 1.31. The second-order valence-electron chi connectivity index (χ2n) is 5.12. The van der Waals surface area contributed by atoms with E-state index >= 15 is 0 Å². The first-order chi connectivity index (χ1) is 9.07. The molecule has 0 aliphatic carbocycles. The molecule has 5 heteroatoms. The van der Waals surface area contributed by atoms with E-state index in [4.69, 9.17) is 11.6 Å². The van der Waals surface area contributed by atoms with Gasteiger partial charge in [-0.3, -0.25) is 4.68 Å². The Hall–Kier alpha value is -0.580. The summed E-state index contributed by atoms with van der Waals surface area (Å²) in [6, 6.07) is 0. The van der Waals surface area contributed by atoms with Crippen molar-refractivity contribution in [2.45, 2.75) is 53.0 Å². The van der Waals surface area contributed by atoms with Crippen LogP contribution in [0.4, 0.5) is 0 Å². The minimum atomic E-state index is -0.504. The SMILES string of the molecule is CCCC(CO)(CO)Cc1c(Cl)c(CC)nn1CC. The predicted octanol–water partition coefficient (Wildman–Crippen LogP) is 2.43. The van der Waals surface area contributed by atoms with Crippen LogP contribution in [-0.2, 0) is 19.4 Å². The van der Waals surface area contributed by atoms with Gasteiger partial charge < -0.3 is 10.2 Å². The maximum absolute atomic E-state index is 9.65. The largest absolute Gasteiger partial charge is 0.396 e. The van der Waals surface area contributed by atoms with Crippen LogP contribution >= 0.6 is 11.6 Å². The third-order valence-corrected chi connectivity index (χ3v) is 4.12. The average Bonchev–Trinajstić information content (AvgIpc) is 2.74. The lowest BCUT2D eigenvalue weighted by Gasteiger charge is -2.29. The quantitative estimate of drug-likeness (QED) is 0.772. The van der Waals surface area contributed by atoms with Crippen molar-refractivity contribution in [3.05, 3.63) is 16.4 Å². The Balaban J connectivity index is 3.11. The van der Waals surface area contributed by atoms with Gasteiger partial charge in [0, 0.05) is 18.4 Å². The molecule has 0 bridgehead atoms. The fraction of sp³-hybridized carbons (Fsp3) is 0.786. The highest BCUT2D eigenvalue weighted by Gasteiger charge is 2.31. The Morgan fingerprint density at radius 2 is 1.84 bits per heavy atom. The van der Waals surface area contributed by atoms with Gasteiger partial charge in [0.05, 0.1) is 29.6 Å². The van der Waals surface area contributed by atoms with E-state index in [1.807, 2.05) is 18.5 Å². The summed E-state index contributed by atoms with van der Waals surface area (Å²) in [7, 11) is 0. The molecule has 4 nitrogen and oxygen atoms in total. The summed E-state index contributed by atoms with van der Waals surface area (Å²) in [6.45, 7) is 6.76. The highest BCUT2D eigenvalue weighted by Crippen LogP contribution is 2.32. The molecule has 0 atom stereocenters. The Labute approximate surface area is 120 Å². The normalized spacial score (nSPS) is 12.1. The molecule has 0 spiro atoms. The van der Waals surface area contributed by atoms with Crippen LogP contribution in [0.25, 0.3) is 0 Å². The number of hydrogen-bond donors (Lipinski definition) is 2. The minimum Gasteiger partial charge on any atom is -0.396 e. The summed E-state index contributed by atoms with van der Waals surface area (Å²) < 4.78 is 1.89. The van der Waals surface area contributed by atoms with Crippen molar-refractivity contribution >= 4 is 11.6 Å². The topological polar surface area (TPSA) is 58.3 Å². The van der Waals surface area contributed by atoms with Crippen LogP contribution in [0.15, 0.2) is 0 Å². The van der Waals surface area contributed by atoms with Crippen LogP contribution in [0.1, 0.15) is 45.0 Å². The van der Waals surface area contributed by atoms with Gasteiger partial charge in [0.25, 0.3) is 0 Å². The van der Waals surface area contributed by atoms with E-state index in [0.717, 1.165) is 37.2 Å². The lowest BCUT2D eigenvalue weighted by molar-refractivity contribution is 0.0450. The van der Waals surface area contributed by atoms with E-state index in [1.165, 1.54) is 0 Å². The van der Waals surface area contributed by atoms with E-state index in [1.54, 1.807) is 0 Å². The van der Waals surface area contributed by atoms with Gasteiger partial charge in [-0.2, -0.15) is 5.10 Å². The Morgan fingerprint density at radius 3 is 2.26 bits per heavy atom. The van der Waals surface area contributed by atoms with Gasteiger partial charge in [0.15, 0.2) is 0 Å². The summed E-state index contributed by atoms with van der Waals surface area (Å²) in [5.74, 6) is 0. The van der Waals surface area contributed by atoms with E-state index in [2.05, 4.69) is 12.0 Å². The molecule has 0 amide bonds. The number of hydrogen-bond acceptors (Lipinski definition) is 3. The van der Waals surface area contributed by atoms with Crippen LogP contribution in [-0.4, -0.2) is 33.2 Å². The molecule has 1 heterocycles. The maximum atomic E-state index is 9.65. The minimum absolute atomic E-state index is 0.0377. The molecular weight excluding hydrogens is 264 g/mol. The van der Waals surface area contributed by atoms with Crippen molar-refractivity contribution in [2.75, 3.05) is 13.2 Å². The lowest BCUT2D eigenvalue weighted by Crippen LogP contribution is -2.33. The molecule has 0 saturated heterocycles. The molecule has 0 aliphatic heterocycles. The van der Waals surface area contributed by atoms with E-state index in [0.29, 0.717) is 11.4 Å². The first-order valence-electron chi connectivity index (χ1n) is 7.03. The van der Waals surface area contributed by atoms with Crippen molar-refractivity contribution in [3.63, 3.8) is 0 Å². The molecule has 0 aromatic carbocycles. The fourth-order valence-electron chi connectivity index (χ4n) is 2.48. The fourth-order valence-corrected chi connectivity index (χ4v) is 2.82. The van der Waals surface area contributed by atoms with E-state index in [-0.39, 0.29) is 13.2 Å². The van der Waals surface area contributed by atoms with E-state index < -0.39 is 5.41 Å². The molecule has 1 aromatic rings. The standard InChI is InChI=1S/C14H25ClN2O2/c1-4-7-14(9-18,10-19)8-12-13(15)11(5-2)16-17(12)6-3/h18-19H,4-10H2,1-3H3. The third kappa shape index (κ3) is 3.50. The third-order valence-electron chi connectivity index (χ3n) is 3.69. The van der Waals surface area contributed by atoms with Crippen molar-refractivity contribution < 1.29 is 10.2 Å². The molecule has 0 fully saturated rings. The Bertz CT molecular complexity index is 400. The number of aryl methyl sites for hydroxylation is 2. The van der Waals surface area contributed by atoms with Gasteiger partial charge in [0.2, 0.25) is 0 Å². The zero-order valence-electron chi connectivity index (χ0n) is 12.1. The summed E-state index contributed by atoms with van der Waals surface area (Å²) in [5, 5.41) is 24.5. The number of aromatic nitrogens is 2. The van der Waals surface area contributed by atoms with Crippen molar-refractivity contribution in [3.8, 4) is 0 Å². The molecule has 0 saturated carbocycles. The Morgan fingerprint density at radius 1 is 1.21 bits per heavy atom. The van der Waals surface area contributed by atoms with Crippen LogP contribution in [0, 0.1) is 5.41 Å². The van der Waals surface area contributed by atoms with Crippen LogP contribution in [0.3, 0.4) is 0 Å². The molecule has 2 N–H and O–H groups in total. The molecular formula is C14H25ClN2O2. The molecule has 110 valence electrons. The van der Waals surface area contributed by atoms with Crippen molar-refractivity contribution in [1.29, 1.82) is 0 Å². The van der Waals surface area contributed by atoms with Gasteiger partial charge in [-0.15, -0.1) is 0 Å². The zero-order valence-corrected chi connectivity index (χ0v) is 12.9. The first kappa shape index (κ1) is 16.5. The molecule has 19 heavy (non-hydrogen) atoms. The molecule has 0 aliphatic rings. The van der Waals surface area contributed by atoms with Crippen LogP contribution in [0.5, 0.6) is 0 Å². The number of rotatable bonds is 8. The van der Waals surface area contributed by atoms with Gasteiger partial charge in [-0.05, 0) is 19.8 Å². The second-order valence-corrected chi connectivity index (χ2v) is 5.50. The number of halogens is 1. The monoisotopic (exact) mass is 288 g/mol. The maximum Gasteiger partial charge on any atom is 0.0850 e. The number of aliphatic hydroxyl groups is 2. The van der Waals surface area contributed by atoms with Gasteiger partial charge >= 0.3 is 0 Å². The van der Waals surface area contributed by atoms with Crippen molar-refractivity contribution in [2.24, 2.45) is 5.41 Å². The van der Waals surface area contributed by atoms with Gasteiger partial charge in [-0.1, -0.05) is 31.9 Å².